The van der Waals surface area contributed by atoms with E-state index in [1.807, 2.05) is 35.4 Å². The number of carboxylic acid groups (broad SMARTS) is 1. The Morgan fingerprint density at radius 2 is 2.11 bits per heavy atom. The lowest BCUT2D eigenvalue weighted by Gasteiger charge is -2.34. The van der Waals surface area contributed by atoms with E-state index in [1.54, 1.807) is 17.5 Å². The zero-order valence-corrected chi connectivity index (χ0v) is 15.7. The zero-order chi connectivity index (χ0) is 20.7. The van der Waals surface area contributed by atoms with Crippen LogP contribution in [0.5, 0.6) is 0 Å². The summed E-state index contributed by atoms with van der Waals surface area (Å²) >= 11 is 1.60. The summed E-state index contributed by atoms with van der Waals surface area (Å²) in [5, 5.41) is 10.1. The summed E-state index contributed by atoms with van der Waals surface area (Å²) in [6.07, 6.45) is -3.05. The van der Waals surface area contributed by atoms with Crippen LogP contribution in [0.15, 0.2) is 29.8 Å². The molecule has 1 unspecified atom stereocenters. The zero-order valence-electron chi connectivity index (χ0n) is 14.8. The number of hydrogen-bond donors (Lipinski definition) is 1. The van der Waals surface area contributed by atoms with Crippen LogP contribution in [0, 0.1) is 6.92 Å². The molecule has 11 heteroatoms. The van der Waals surface area contributed by atoms with E-state index in [4.69, 9.17) is 14.6 Å². The Hall–Kier alpha value is -2.53. The number of aromatic nitrogens is 2. The highest BCUT2D eigenvalue weighted by Crippen LogP contribution is 2.26. The van der Waals surface area contributed by atoms with Crippen molar-refractivity contribution < 1.29 is 32.6 Å². The summed E-state index contributed by atoms with van der Waals surface area (Å²) in [7, 11) is 0. The molecular weight excluding hydrogens is 399 g/mol. The molecule has 1 N–H and O–H groups in total. The van der Waals surface area contributed by atoms with E-state index in [-0.39, 0.29) is 11.9 Å². The Labute approximate surface area is 162 Å². The van der Waals surface area contributed by atoms with E-state index < -0.39 is 12.1 Å². The molecule has 0 aliphatic carbocycles. The molecule has 1 atom stereocenters. The second kappa shape index (κ2) is 9.60. The first-order valence-corrected chi connectivity index (χ1v) is 9.05. The van der Waals surface area contributed by atoms with E-state index in [1.165, 1.54) is 0 Å². The largest absolute Gasteiger partial charge is 0.490 e. The van der Waals surface area contributed by atoms with Gasteiger partial charge in [0.25, 0.3) is 0 Å². The molecular formula is C17H18F3N3O4S. The van der Waals surface area contributed by atoms with Crippen molar-refractivity contribution in [3.8, 4) is 0 Å². The Bertz CT molecular complexity index is 798. The second-order valence-corrected chi connectivity index (χ2v) is 6.83. The van der Waals surface area contributed by atoms with Gasteiger partial charge in [-0.2, -0.15) is 13.2 Å². The summed E-state index contributed by atoms with van der Waals surface area (Å²) in [5.74, 6) is -2.68. The molecule has 0 radical (unpaired) electrons. The molecule has 7 nitrogen and oxygen atoms in total. The lowest BCUT2D eigenvalue weighted by molar-refractivity contribution is -0.192. The number of rotatable bonds is 3. The normalized spacial score (nSPS) is 16.9. The summed E-state index contributed by atoms with van der Waals surface area (Å²) in [4.78, 5) is 32.1. The number of carbonyl (C=O) groups excluding carboxylic acids is 1. The van der Waals surface area contributed by atoms with Gasteiger partial charge < -0.3 is 14.7 Å². The van der Waals surface area contributed by atoms with E-state index in [0.717, 1.165) is 16.4 Å². The third-order valence-electron chi connectivity index (χ3n) is 3.73. The van der Waals surface area contributed by atoms with Gasteiger partial charge in [0.2, 0.25) is 5.91 Å². The number of nitrogens with zero attached hydrogens (tertiary/aromatic N) is 3. The Morgan fingerprint density at radius 3 is 2.64 bits per heavy atom. The minimum atomic E-state index is -5.08. The summed E-state index contributed by atoms with van der Waals surface area (Å²) < 4.78 is 37.3. The number of halogens is 3. The van der Waals surface area contributed by atoms with Crippen molar-refractivity contribution in [3.63, 3.8) is 0 Å². The number of amides is 1. The predicted octanol–water partition coefficient (Wildman–Crippen LogP) is 2.62. The first-order valence-electron chi connectivity index (χ1n) is 8.17. The van der Waals surface area contributed by atoms with E-state index in [9.17, 15) is 18.0 Å². The first kappa shape index (κ1) is 21.8. The van der Waals surface area contributed by atoms with Crippen LogP contribution in [0.3, 0.4) is 0 Å². The number of alkyl halides is 3. The maximum atomic E-state index is 12.6. The van der Waals surface area contributed by atoms with Crippen molar-refractivity contribution in [1.82, 2.24) is 14.9 Å². The van der Waals surface area contributed by atoms with Crippen LogP contribution < -0.4 is 0 Å². The van der Waals surface area contributed by atoms with Crippen molar-refractivity contribution >= 4 is 23.2 Å². The van der Waals surface area contributed by atoms with E-state index in [0.29, 0.717) is 26.2 Å². The highest BCUT2D eigenvalue weighted by Gasteiger charge is 2.38. The molecule has 1 aliphatic rings. The highest BCUT2D eigenvalue weighted by atomic mass is 32.1. The van der Waals surface area contributed by atoms with Gasteiger partial charge in [-0.05, 0) is 19.1 Å². The summed E-state index contributed by atoms with van der Waals surface area (Å²) in [6.45, 7) is 3.66. The number of carboxylic acids is 1. The summed E-state index contributed by atoms with van der Waals surface area (Å²) in [6, 6.07) is 5.54. The van der Waals surface area contributed by atoms with Crippen molar-refractivity contribution in [2.75, 3.05) is 19.8 Å². The van der Waals surface area contributed by atoms with Crippen molar-refractivity contribution in [2.24, 2.45) is 0 Å². The molecule has 0 bridgehead atoms. The average Bonchev–Trinajstić information content (AvgIpc) is 3.08. The van der Waals surface area contributed by atoms with Gasteiger partial charge in [0, 0.05) is 23.8 Å². The first-order chi connectivity index (χ1) is 13.2. The monoisotopic (exact) mass is 417 g/mol. The maximum Gasteiger partial charge on any atom is 0.490 e. The number of ether oxygens (including phenoxy) is 1. The minimum Gasteiger partial charge on any atom is -0.475 e. The molecule has 1 aliphatic heterocycles. The topological polar surface area (TPSA) is 92.6 Å². The van der Waals surface area contributed by atoms with Gasteiger partial charge in [0.15, 0.2) is 0 Å². The Balaban J connectivity index is 0.000000345. The molecule has 152 valence electrons. The molecule has 0 aromatic carbocycles. The number of thiazole rings is 1. The van der Waals surface area contributed by atoms with E-state index >= 15 is 0 Å². The molecule has 1 amide bonds. The number of hydrogen-bond acceptors (Lipinski definition) is 6. The van der Waals surface area contributed by atoms with Crippen LogP contribution in [0.2, 0.25) is 0 Å². The van der Waals surface area contributed by atoms with Crippen LogP contribution in [0.25, 0.3) is 0 Å². The predicted molar refractivity (Wildman–Crippen MR) is 93.8 cm³/mol. The molecule has 1 saturated heterocycles. The fraction of sp³-hybridized carbons (Fsp3) is 0.412. The number of morpholine rings is 1. The third-order valence-corrected chi connectivity index (χ3v) is 4.52. The number of aryl methyl sites for hydroxylation is 1. The lowest BCUT2D eigenvalue weighted by Crippen LogP contribution is -2.44. The standard InChI is InChI=1S/C15H17N3O2S.C2HF3O2/c1-11-17-13(10-21-11)14-9-20-7-6-18(14)15(19)8-12-4-2-3-5-16-12;3-2(4,5)1(6)7/h2-5,10,14H,6-9H2,1H3;(H,6,7). The van der Waals surface area contributed by atoms with Gasteiger partial charge in [0.1, 0.15) is 0 Å². The van der Waals surface area contributed by atoms with Crippen LogP contribution in [0.4, 0.5) is 13.2 Å². The second-order valence-electron chi connectivity index (χ2n) is 5.77. The van der Waals surface area contributed by atoms with Gasteiger partial charge in [-0.1, -0.05) is 6.07 Å². The number of carbonyl (C=O) groups is 2. The van der Waals surface area contributed by atoms with Crippen LogP contribution in [0.1, 0.15) is 22.4 Å². The fourth-order valence-electron chi connectivity index (χ4n) is 2.44. The molecule has 0 spiro atoms. The van der Waals surface area contributed by atoms with Crippen LogP contribution >= 0.6 is 11.3 Å². The Morgan fingerprint density at radius 1 is 1.39 bits per heavy atom. The number of aliphatic carboxylic acids is 1. The summed E-state index contributed by atoms with van der Waals surface area (Å²) in [5.41, 5.74) is 1.72. The molecule has 3 rings (SSSR count). The molecule has 1 fully saturated rings. The highest BCUT2D eigenvalue weighted by molar-refractivity contribution is 7.09. The van der Waals surface area contributed by atoms with Gasteiger partial charge in [0.05, 0.1) is 36.4 Å². The average molecular weight is 417 g/mol. The van der Waals surface area contributed by atoms with Crippen molar-refractivity contribution in [3.05, 3.63) is 46.2 Å². The minimum absolute atomic E-state index is 0.0765. The fourth-order valence-corrected chi connectivity index (χ4v) is 3.10. The van der Waals surface area contributed by atoms with Crippen LogP contribution in [-0.4, -0.2) is 57.8 Å². The smallest absolute Gasteiger partial charge is 0.475 e. The lowest BCUT2D eigenvalue weighted by atomic mass is 10.1. The SMILES string of the molecule is Cc1nc(C2COCCN2C(=O)Cc2ccccn2)cs1.O=C(O)C(F)(F)F. The van der Waals surface area contributed by atoms with Crippen molar-refractivity contribution in [1.29, 1.82) is 0 Å². The van der Waals surface area contributed by atoms with Gasteiger partial charge in [-0.15, -0.1) is 11.3 Å². The molecule has 2 aromatic heterocycles. The third kappa shape index (κ3) is 6.27. The maximum absolute atomic E-state index is 12.6. The molecule has 2 aromatic rings. The quantitative estimate of drug-likeness (QED) is 0.826. The van der Waals surface area contributed by atoms with Gasteiger partial charge in [-0.3, -0.25) is 9.78 Å². The molecule has 0 saturated carbocycles. The van der Waals surface area contributed by atoms with Gasteiger partial charge >= 0.3 is 12.1 Å². The number of pyridine rings is 1. The molecule has 3 heterocycles. The van der Waals surface area contributed by atoms with Crippen LogP contribution in [-0.2, 0) is 20.7 Å². The van der Waals surface area contributed by atoms with E-state index in [2.05, 4.69) is 9.97 Å². The van der Waals surface area contributed by atoms with Gasteiger partial charge in [-0.25, -0.2) is 9.78 Å². The Kier molecular flexibility index (Phi) is 7.46. The molecule has 28 heavy (non-hydrogen) atoms. The van der Waals surface area contributed by atoms with Crippen molar-refractivity contribution in [2.45, 2.75) is 25.6 Å².